The Labute approximate surface area is 286 Å². The van der Waals surface area contributed by atoms with Gasteiger partial charge in [0.1, 0.15) is 23.6 Å². The fraction of sp³-hybridized carbons (Fsp3) is 0.189. The maximum atomic E-state index is 12.9. The zero-order valence-electron chi connectivity index (χ0n) is 25.8. The minimum Gasteiger partial charge on any atom is -0.487 e. The van der Waals surface area contributed by atoms with Gasteiger partial charge < -0.3 is 19.5 Å². The highest BCUT2D eigenvalue weighted by Crippen LogP contribution is 2.42. The molecule has 0 radical (unpaired) electrons. The van der Waals surface area contributed by atoms with Crippen molar-refractivity contribution in [1.82, 2.24) is 14.5 Å². The Bertz CT molecular complexity index is 2170. The molecule has 4 aromatic carbocycles. The number of hydrogen-bond donors (Lipinski definition) is 2. The SMILES string of the molecule is O=C(O)C(F)(F)F.O=C(O)C1(Cc2nc3cc(OCc4ccc5ccccc5n4)ccc3n2Cc2ccc(Br)cc2)CCc2ccccc21. The van der Waals surface area contributed by atoms with Crippen LogP contribution in [0.25, 0.3) is 21.9 Å². The van der Waals surface area contributed by atoms with E-state index in [4.69, 9.17) is 24.6 Å². The van der Waals surface area contributed by atoms with Crippen LogP contribution in [0.2, 0.25) is 0 Å². The van der Waals surface area contributed by atoms with Crippen molar-refractivity contribution in [3.8, 4) is 5.75 Å². The molecular formula is C37H29BrF3N3O5. The maximum absolute atomic E-state index is 12.9. The largest absolute Gasteiger partial charge is 0.490 e. The number of aromatic nitrogens is 3. The van der Waals surface area contributed by atoms with Gasteiger partial charge in [0.25, 0.3) is 0 Å². The number of imidazole rings is 1. The lowest BCUT2D eigenvalue weighted by Crippen LogP contribution is -2.37. The third-order valence-corrected chi connectivity index (χ3v) is 9.09. The quantitative estimate of drug-likeness (QED) is 0.163. The summed E-state index contributed by atoms with van der Waals surface area (Å²) in [4.78, 5) is 31.6. The van der Waals surface area contributed by atoms with Gasteiger partial charge in [0.2, 0.25) is 0 Å². The van der Waals surface area contributed by atoms with E-state index in [1.807, 2.05) is 84.9 Å². The Morgan fingerprint density at radius 3 is 2.33 bits per heavy atom. The number of carboxylic acids is 2. The van der Waals surface area contributed by atoms with Crippen LogP contribution in [0.3, 0.4) is 0 Å². The van der Waals surface area contributed by atoms with Crippen LogP contribution in [0, 0.1) is 0 Å². The molecule has 0 saturated heterocycles. The van der Waals surface area contributed by atoms with Gasteiger partial charge in [0.05, 0.1) is 22.2 Å². The summed E-state index contributed by atoms with van der Waals surface area (Å²) >= 11 is 3.52. The number of alkyl halides is 3. The van der Waals surface area contributed by atoms with E-state index in [1.165, 1.54) is 0 Å². The second kappa shape index (κ2) is 13.7. The number of nitrogens with zero attached hydrogens (tertiary/aromatic N) is 3. The fourth-order valence-electron chi connectivity index (χ4n) is 6.12. The van der Waals surface area contributed by atoms with Crippen molar-refractivity contribution in [1.29, 1.82) is 0 Å². The number of pyridine rings is 1. The summed E-state index contributed by atoms with van der Waals surface area (Å²) < 4.78 is 41.1. The molecule has 49 heavy (non-hydrogen) atoms. The molecule has 6 aromatic rings. The van der Waals surface area contributed by atoms with Gasteiger partial charge in [-0.05, 0) is 65.9 Å². The molecule has 0 fully saturated rings. The summed E-state index contributed by atoms with van der Waals surface area (Å²) in [5.41, 5.74) is 5.59. The van der Waals surface area contributed by atoms with E-state index in [9.17, 15) is 23.1 Å². The van der Waals surface area contributed by atoms with Crippen molar-refractivity contribution in [3.63, 3.8) is 0 Å². The van der Waals surface area contributed by atoms with Crippen molar-refractivity contribution in [2.45, 2.75) is 44.0 Å². The molecule has 7 rings (SSSR count). The summed E-state index contributed by atoms with van der Waals surface area (Å²) in [6, 6.07) is 34.1. The third kappa shape index (κ3) is 7.29. The first-order valence-electron chi connectivity index (χ1n) is 15.3. The van der Waals surface area contributed by atoms with Crippen LogP contribution in [0.15, 0.2) is 108 Å². The molecule has 1 unspecified atom stereocenters. The minimum atomic E-state index is -5.08. The lowest BCUT2D eigenvalue weighted by Gasteiger charge is -2.26. The normalized spacial score (nSPS) is 15.4. The van der Waals surface area contributed by atoms with E-state index < -0.39 is 23.5 Å². The zero-order chi connectivity index (χ0) is 34.8. The highest BCUT2D eigenvalue weighted by Gasteiger charge is 2.46. The van der Waals surface area contributed by atoms with Crippen LogP contribution < -0.4 is 4.74 Å². The van der Waals surface area contributed by atoms with E-state index in [0.717, 1.165) is 61.0 Å². The number of carboxylic acid groups (broad SMARTS) is 2. The molecule has 1 aliphatic carbocycles. The van der Waals surface area contributed by atoms with Crippen LogP contribution in [0.1, 0.15) is 34.6 Å². The molecule has 2 heterocycles. The number of benzene rings is 4. The average molecular weight is 733 g/mol. The standard InChI is InChI=1S/C35H28BrN3O3.C2HF3O2/c36-26-12-9-23(10-13-26)21-39-32-16-15-28(42-22-27-14-11-25-6-2-4-8-30(25)37-27)19-31(32)38-33(39)20-35(34(40)41)18-17-24-5-1-3-7-29(24)35;3-2(4,5)1(6)7/h1-16,19H,17-18,20-22H2,(H,40,41);(H,6,7). The van der Waals surface area contributed by atoms with Crippen LogP contribution in [0.4, 0.5) is 13.2 Å². The third-order valence-electron chi connectivity index (χ3n) is 8.56. The van der Waals surface area contributed by atoms with Crippen LogP contribution in [0.5, 0.6) is 5.75 Å². The van der Waals surface area contributed by atoms with Gasteiger partial charge in [0, 0.05) is 28.9 Å². The first-order chi connectivity index (χ1) is 23.4. The van der Waals surface area contributed by atoms with Crippen molar-refractivity contribution < 1.29 is 37.7 Å². The molecule has 2 aromatic heterocycles. The number of halogens is 4. The van der Waals surface area contributed by atoms with Gasteiger partial charge in [0.15, 0.2) is 0 Å². The molecule has 250 valence electrons. The molecule has 0 aliphatic heterocycles. The average Bonchev–Trinajstić information content (AvgIpc) is 3.62. The molecule has 12 heteroatoms. The van der Waals surface area contributed by atoms with Gasteiger partial charge in [-0.3, -0.25) is 4.79 Å². The Hall–Kier alpha value is -5.23. The molecule has 0 saturated carbocycles. The molecule has 1 atom stereocenters. The Balaban J connectivity index is 0.000000540. The number of aliphatic carboxylic acids is 2. The predicted molar refractivity (Wildman–Crippen MR) is 181 cm³/mol. The molecule has 0 amide bonds. The number of para-hydroxylation sites is 1. The van der Waals surface area contributed by atoms with Gasteiger partial charge in [-0.25, -0.2) is 14.8 Å². The van der Waals surface area contributed by atoms with E-state index in [0.29, 0.717) is 31.7 Å². The minimum absolute atomic E-state index is 0.307. The van der Waals surface area contributed by atoms with E-state index >= 15 is 0 Å². The highest BCUT2D eigenvalue weighted by molar-refractivity contribution is 9.10. The number of aryl methyl sites for hydroxylation is 1. The first-order valence-corrected chi connectivity index (χ1v) is 16.1. The van der Waals surface area contributed by atoms with E-state index in [2.05, 4.69) is 38.7 Å². The number of hydrogen-bond acceptors (Lipinski definition) is 5. The topological polar surface area (TPSA) is 115 Å². The summed E-state index contributed by atoms with van der Waals surface area (Å²) in [6.07, 6.45) is -3.48. The molecule has 0 bridgehead atoms. The highest BCUT2D eigenvalue weighted by atomic mass is 79.9. The first kappa shape index (κ1) is 33.7. The number of fused-ring (bicyclic) bond motifs is 3. The lowest BCUT2D eigenvalue weighted by atomic mass is 9.78. The lowest BCUT2D eigenvalue weighted by molar-refractivity contribution is -0.192. The van der Waals surface area contributed by atoms with Crippen molar-refractivity contribution in [2.24, 2.45) is 0 Å². The molecular weight excluding hydrogens is 703 g/mol. The number of rotatable bonds is 8. The molecule has 8 nitrogen and oxygen atoms in total. The molecule has 2 N–H and O–H groups in total. The van der Waals surface area contributed by atoms with Crippen LogP contribution >= 0.6 is 15.9 Å². The second-order valence-corrected chi connectivity index (χ2v) is 12.6. The fourth-order valence-corrected chi connectivity index (χ4v) is 6.38. The monoisotopic (exact) mass is 731 g/mol. The van der Waals surface area contributed by atoms with Crippen molar-refractivity contribution in [2.75, 3.05) is 0 Å². The second-order valence-electron chi connectivity index (χ2n) is 11.7. The van der Waals surface area contributed by atoms with E-state index in [1.54, 1.807) is 0 Å². The molecule has 0 spiro atoms. The van der Waals surface area contributed by atoms with Crippen LogP contribution in [-0.2, 0) is 41.0 Å². The summed E-state index contributed by atoms with van der Waals surface area (Å²) in [5.74, 6) is -2.12. The van der Waals surface area contributed by atoms with E-state index in [-0.39, 0.29) is 0 Å². The maximum Gasteiger partial charge on any atom is 0.490 e. The molecule has 1 aliphatic rings. The van der Waals surface area contributed by atoms with Crippen molar-refractivity contribution in [3.05, 3.63) is 136 Å². The zero-order valence-corrected chi connectivity index (χ0v) is 27.4. The van der Waals surface area contributed by atoms with Gasteiger partial charge in [-0.15, -0.1) is 0 Å². The summed E-state index contributed by atoms with van der Waals surface area (Å²) in [5, 5.41) is 18.8. The Morgan fingerprint density at radius 1 is 0.878 bits per heavy atom. The van der Waals surface area contributed by atoms with Gasteiger partial charge in [-0.1, -0.05) is 76.6 Å². The van der Waals surface area contributed by atoms with Gasteiger partial charge in [-0.2, -0.15) is 13.2 Å². The van der Waals surface area contributed by atoms with Crippen molar-refractivity contribution >= 4 is 49.8 Å². The summed E-state index contributed by atoms with van der Waals surface area (Å²) in [7, 11) is 0. The van der Waals surface area contributed by atoms with Gasteiger partial charge >= 0.3 is 18.1 Å². The number of carbonyl (C=O) groups is 2. The Kier molecular flexibility index (Phi) is 9.42. The van der Waals surface area contributed by atoms with Crippen LogP contribution in [-0.4, -0.2) is 42.9 Å². The summed E-state index contributed by atoms with van der Waals surface area (Å²) in [6.45, 7) is 0.916. The predicted octanol–water partition coefficient (Wildman–Crippen LogP) is 8.12. The number of ether oxygens (including phenoxy) is 1. The smallest absolute Gasteiger partial charge is 0.487 e. The Morgan fingerprint density at radius 2 is 1.59 bits per heavy atom.